The fourth-order valence-corrected chi connectivity index (χ4v) is 2.52. The van der Waals surface area contributed by atoms with E-state index < -0.39 is 0 Å². The van der Waals surface area contributed by atoms with Crippen molar-refractivity contribution in [2.75, 3.05) is 38.2 Å². The zero-order valence-electron chi connectivity index (χ0n) is 12.2. The Hall–Kier alpha value is -1.82. The lowest BCUT2D eigenvalue weighted by molar-refractivity contribution is -0.384. The Bertz CT molecular complexity index is 483. The van der Waals surface area contributed by atoms with Crippen LogP contribution in [0.2, 0.25) is 0 Å². The lowest BCUT2D eigenvalue weighted by Gasteiger charge is -2.37. The molecule has 0 radical (unpaired) electrons. The number of ether oxygens (including phenoxy) is 1. The van der Waals surface area contributed by atoms with Crippen LogP contribution in [0.3, 0.4) is 0 Å². The van der Waals surface area contributed by atoms with Crippen LogP contribution in [0.4, 0.5) is 11.4 Å². The molecular formula is C14H21N3O3. The van der Waals surface area contributed by atoms with Crippen molar-refractivity contribution in [2.24, 2.45) is 0 Å². The van der Waals surface area contributed by atoms with Gasteiger partial charge in [-0.25, -0.2) is 0 Å². The average Bonchev–Trinajstić information content (AvgIpc) is 2.46. The second kappa shape index (κ2) is 6.09. The molecule has 1 saturated heterocycles. The number of nitro groups is 1. The summed E-state index contributed by atoms with van der Waals surface area (Å²) < 4.78 is 5.06. The fraction of sp³-hybridized carbons (Fsp3) is 0.571. The number of rotatable bonds is 4. The van der Waals surface area contributed by atoms with Crippen LogP contribution in [0.25, 0.3) is 0 Å². The van der Waals surface area contributed by atoms with Gasteiger partial charge in [0, 0.05) is 32.2 Å². The summed E-state index contributed by atoms with van der Waals surface area (Å²) in [4.78, 5) is 15.3. The summed E-state index contributed by atoms with van der Waals surface area (Å²) >= 11 is 0. The molecule has 1 heterocycles. The van der Waals surface area contributed by atoms with Crippen molar-refractivity contribution in [3.05, 3.63) is 28.3 Å². The van der Waals surface area contributed by atoms with Crippen LogP contribution in [-0.2, 0) is 0 Å². The summed E-state index contributed by atoms with van der Waals surface area (Å²) in [5.74, 6) is 0.515. The average molecular weight is 279 g/mol. The third kappa shape index (κ3) is 3.01. The summed E-state index contributed by atoms with van der Waals surface area (Å²) in [7, 11) is 1.51. The minimum atomic E-state index is -0.341. The van der Waals surface area contributed by atoms with E-state index in [-0.39, 0.29) is 10.6 Å². The molecule has 110 valence electrons. The molecule has 1 aromatic carbocycles. The Labute approximate surface area is 119 Å². The molecule has 1 aliphatic heterocycles. The Kier molecular flexibility index (Phi) is 4.44. The van der Waals surface area contributed by atoms with Gasteiger partial charge in [0.25, 0.3) is 5.69 Å². The molecule has 1 aliphatic rings. The Balaban J connectivity index is 2.19. The van der Waals surface area contributed by atoms with E-state index in [4.69, 9.17) is 4.74 Å². The van der Waals surface area contributed by atoms with Crippen molar-refractivity contribution < 1.29 is 9.66 Å². The van der Waals surface area contributed by atoms with Gasteiger partial charge in [0.05, 0.1) is 18.1 Å². The van der Waals surface area contributed by atoms with E-state index in [2.05, 4.69) is 23.6 Å². The van der Waals surface area contributed by atoms with Gasteiger partial charge in [0.2, 0.25) is 0 Å². The Morgan fingerprint density at radius 3 is 2.40 bits per heavy atom. The van der Waals surface area contributed by atoms with Crippen LogP contribution in [0.15, 0.2) is 18.2 Å². The molecule has 6 nitrogen and oxygen atoms in total. The Morgan fingerprint density at radius 1 is 1.25 bits per heavy atom. The molecule has 0 aromatic heterocycles. The summed E-state index contributed by atoms with van der Waals surface area (Å²) in [6.07, 6.45) is 0. The summed E-state index contributed by atoms with van der Waals surface area (Å²) in [6, 6.07) is 5.56. The van der Waals surface area contributed by atoms with Crippen LogP contribution >= 0.6 is 0 Å². The van der Waals surface area contributed by atoms with Gasteiger partial charge in [-0.2, -0.15) is 0 Å². The second-order valence-corrected chi connectivity index (χ2v) is 5.23. The SMILES string of the molecule is COc1ccc(N2CCN(C(C)C)CC2)c([N+](=O)[O-])c1. The first-order valence-electron chi connectivity index (χ1n) is 6.84. The third-order valence-electron chi connectivity index (χ3n) is 3.76. The van der Waals surface area contributed by atoms with Gasteiger partial charge >= 0.3 is 0 Å². The lowest BCUT2D eigenvalue weighted by atomic mass is 10.2. The number of benzene rings is 1. The van der Waals surface area contributed by atoms with E-state index in [1.54, 1.807) is 12.1 Å². The first kappa shape index (κ1) is 14.6. The van der Waals surface area contributed by atoms with Gasteiger partial charge < -0.3 is 9.64 Å². The fourth-order valence-electron chi connectivity index (χ4n) is 2.52. The highest BCUT2D eigenvalue weighted by Gasteiger charge is 2.25. The van der Waals surface area contributed by atoms with E-state index >= 15 is 0 Å². The predicted octanol–water partition coefficient (Wildman–Crippen LogP) is 2.13. The van der Waals surface area contributed by atoms with Gasteiger partial charge in [-0.15, -0.1) is 0 Å². The third-order valence-corrected chi connectivity index (χ3v) is 3.76. The highest BCUT2D eigenvalue weighted by Crippen LogP contribution is 2.32. The molecule has 0 unspecified atom stereocenters. The van der Waals surface area contributed by atoms with E-state index in [0.29, 0.717) is 17.5 Å². The van der Waals surface area contributed by atoms with Crippen molar-refractivity contribution in [3.63, 3.8) is 0 Å². The molecule has 2 rings (SSSR count). The second-order valence-electron chi connectivity index (χ2n) is 5.23. The van der Waals surface area contributed by atoms with Crippen molar-refractivity contribution in [1.29, 1.82) is 0 Å². The highest BCUT2D eigenvalue weighted by atomic mass is 16.6. The first-order chi connectivity index (χ1) is 9.52. The number of hydrogen-bond donors (Lipinski definition) is 0. The van der Waals surface area contributed by atoms with E-state index in [0.717, 1.165) is 26.2 Å². The van der Waals surface area contributed by atoms with Gasteiger partial charge in [-0.1, -0.05) is 0 Å². The van der Waals surface area contributed by atoms with Crippen molar-refractivity contribution in [3.8, 4) is 5.75 Å². The van der Waals surface area contributed by atoms with E-state index in [9.17, 15) is 10.1 Å². The molecule has 6 heteroatoms. The zero-order chi connectivity index (χ0) is 14.7. The standard InChI is InChI=1S/C14H21N3O3/c1-11(2)15-6-8-16(9-7-15)13-5-4-12(20-3)10-14(13)17(18)19/h4-5,10-11H,6-9H2,1-3H3. The van der Waals surface area contributed by atoms with E-state index in [1.807, 2.05) is 0 Å². The topological polar surface area (TPSA) is 58.8 Å². The number of methoxy groups -OCH3 is 1. The minimum absolute atomic E-state index is 0.113. The van der Waals surface area contributed by atoms with Gasteiger partial charge in [0.1, 0.15) is 11.4 Å². The molecule has 1 aromatic rings. The normalized spacial score (nSPS) is 16.5. The monoisotopic (exact) mass is 279 g/mol. The smallest absolute Gasteiger partial charge is 0.296 e. The van der Waals surface area contributed by atoms with Crippen LogP contribution in [0.1, 0.15) is 13.8 Å². The number of nitrogens with zero attached hydrogens (tertiary/aromatic N) is 3. The minimum Gasteiger partial charge on any atom is -0.496 e. The van der Waals surface area contributed by atoms with E-state index in [1.165, 1.54) is 13.2 Å². The molecule has 0 spiro atoms. The van der Waals surface area contributed by atoms with Crippen LogP contribution in [0.5, 0.6) is 5.75 Å². The zero-order valence-corrected chi connectivity index (χ0v) is 12.2. The molecule has 0 atom stereocenters. The number of piperazine rings is 1. The van der Waals surface area contributed by atoms with Gasteiger partial charge in [0.15, 0.2) is 0 Å². The summed E-state index contributed by atoms with van der Waals surface area (Å²) in [6.45, 7) is 7.83. The number of anilines is 1. The molecule has 0 N–H and O–H groups in total. The van der Waals surface area contributed by atoms with Gasteiger partial charge in [-0.05, 0) is 26.0 Å². The molecule has 0 aliphatic carbocycles. The van der Waals surface area contributed by atoms with Gasteiger partial charge in [-0.3, -0.25) is 15.0 Å². The maximum Gasteiger partial charge on any atom is 0.296 e. The largest absolute Gasteiger partial charge is 0.496 e. The Morgan fingerprint density at radius 2 is 1.90 bits per heavy atom. The van der Waals surface area contributed by atoms with Crippen LogP contribution in [0, 0.1) is 10.1 Å². The molecular weight excluding hydrogens is 258 g/mol. The molecule has 1 fully saturated rings. The highest BCUT2D eigenvalue weighted by molar-refractivity contribution is 5.65. The first-order valence-corrected chi connectivity index (χ1v) is 6.84. The molecule has 0 saturated carbocycles. The predicted molar refractivity (Wildman–Crippen MR) is 78.6 cm³/mol. The molecule has 0 bridgehead atoms. The maximum absolute atomic E-state index is 11.2. The summed E-state index contributed by atoms with van der Waals surface area (Å²) in [5.41, 5.74) is 0.793. The summed E-state index contributed by atoms with van der Waals surface area (Å²) in [5, 5.41) is 11.2. The number of hydrogen-bond acceptors (Lipinski definition) is 5. The molecule has 0 amide bonds. The quantitative estimate of drug-likeness (QED) is 0.624. The maximum atomic E-state index is 11.2. The van der Waals surface area contributed by atoms with Crippen LogP contribution < -0.4 is 9.64 Å². The molecule has 20 heavy (non-hydrogen) atoms. The van der Waals surface area contributed by atoms with Crippen molar-refractivity contribution in [1.82, 2.24) is 4.90 Å². The van der Waals surface area contributed by atoms with Crippen molar-refractivity contribution in [2.45, 2.75) is 19.9 Å². The number of nitro benzene ring substituents is 1. The van der Waals surface area contributed by atoms with Crippen LogP contribution in [-0.4, -0.2) is 49.2 Å². The lowest BCUT2D eigenvalue weighted by Crippen LogP contribution is -2.49. The van der Waals surface area contributed by atoms with Crippen molar-refractivity contribution >= 4 is 11.4 Å².